The van der Waals surface area contributed by atoms with Crippen molar-refractivity contribution in [3.8, 4) is 34.2 Å². The molecule has 6 nitrogen and oxygen atoms in total. The zero-order chi connectivity index (χ0) is 18.1. The van der Waals surface area contributed by atoms with Crippen LogP contribution in [-0.4, -0.2) is 24.9 Å². The standard InChI is InChI=1S/C20H16N4O2/c1-13-11-19(26)24(23-13)20-21-16(14-7-3-2-4-8-14)12-17(22-20)15-9-5-6-10-18(15)25/h2-12,23,25H,1H3. The lowest BCUT2D eigenvalue weighted by molar-refractivity contribution is 0.477. The van der Waals surface area contributed by atoms with E-state index in [-0.39, 0.29) is 17.3 Å². The molecule has 2 aromatic heterocycles. The number of para-hydroxylation sites is 1. The van der Waals surface area contributed by atoms with Crippen LogP contribution in [0.15, 0.2) is 71.5 Å². The molecule has 0 saturated heterocycles. The van der Waals surface area contributed by atoms with Crippen LogP contribution in [0.4, 0.5) is 0 Å². The Morgan fingerprint density at radius 1 is 0.923 bits per heavy atom. The number of aromatic nitrogens is 4. The van der Waals surface area contributed by atoms with Gasteiger partial charge in [-0.2, -0.15) is 4.68 Å². The Bertz CT molecular complexity index is 1130. The molecule has 4 rings (SSSR count). The van der Waals surface area contributed by atoms with Crippen molar-refractivity contribution in [2.24, 2.45) is 0 Å². The molecule has 0 aliphatic carbocycles. The molecule has 0 fully saturated rings. The van der Waals surface area contributed by atoms with Crippen molar-refractivity contribution in [1.29, 1.82) is 0 Å². The summed E-state index contributed by atoms with van der Waals surface area (Å²) in [5.74, 6) is 0.342. The highest BCUT2D eigenvalue weighted by Crippen LogP contribution is 2.30. The van der Waals surface area contributed by atoms with Gasteiger partial charge in [0.1, 0.15) is 5.75 Å². The van der Waals surface area contributed by atoms with Gasteiger partial charge in [0.25, 0.3) is 11.5 Å². The molecule has 0 unspecified atom stereocenters. The van der Waals surface area contributed by atoms with Crippen LogP contribution >= 0.6 is 0 Å². The van der Waals surface area contributed by atoms with Crippen LogP contribution in [0.5, 0.6) is 5.75 Å². The molecular formula is C20H16N4O2. The van der Waals surface area contributed by atoms with Crippen LogP contribution in [0.3, 0.4) is 0 Å². The van der Waals surface area contributed by atoms with Crippen LogP contribution in [0.1, 0.15) is 5.69 Å². The number of nitrogens with one attached hydrogen (secondary N) is 1. The largest absolute Gasteiger partial charge is 0.507 e. The van der Waals surface area contributed by atoms with Gasteiger partial charge in [-0.25, -0.2) is 9.97 Å². The molecule has 2 N–H and O–H groups in total. The van der Waals surface area contributed by atoms with Gasteiger partial charge in [-0.1, -0.05) is 42.5 Å². The SMILES string of the molecule is Cc1cc(=O)n(-c2nc(-c3ccccc3)cc(-c3ccccc3O)n2)[nH]1. The molecule has 0 bridgehead atoms. The van der Waals surface area contributed by atoms with Crippen LogP contribution in [0.25, 0.3) is 28.5 Å². The Labute approximate surface area is 149 Å². The number of nitrogens with zero attached hydrogens (tertiary/aromatic N) is 3. The van der Waals surface area contributed by atoms with Crippen molar-refractivity contribution in [3.63, 3.8) is 0 Å². The summed E-state index contributed by atoms with van der Waals surface area (Å²) in [4.78, 5) is 21.2. The number of hydrogen-bond acceptors (Lipinski definition) is 4. The van der Waals surface area contributed by atoms with E-state index in [0.717, 1.165) is 5.56 Å². The third-order valence-corrected chi connectivity index (χ3v) is 4.01. The lowest BCUT2D eigenvalue weighted by atomic mass is 10.1. The molecule has 0 aliphatic heterocycles. The molecule has 4 aromatic rings. The first kappa shape index (κ1) is 15.8. The maximum absolute atomic E-state index is 12.2. The topological polar surface area (TPSA) is 83.8 Å². The number of phenolic OH excluding ortho intramolecular Hbond substituents is 1. The van der Waals surface area contributed by atoms with Crippen LogP contribution < -0.4 is 5.56 Å². The van der Waals surface area contributed by atoms with Gasteiger partial charge in [0, 0.05) is 22.9 Å². The molecule has 0 radical (unpaired) electrons. The second-order valence-electron chi connectivity index (χ2n) is 5.93. The van der Waals surface area contributed by atoms with Crippen molar-refractivity contribution in [2.75, 3.05) is 0 Å². The first-order valence-electron chi connectivity index (χ1n) is 8.14. The summed E-state index contributed by atoms with van der Waals surface area (Å²) in [5.41, 5.74) is 3.14. The third kappa shape index (κ3) is 2.88. The molecule has 0 amide bonds. The number of aromatic amines is 1. The zero-order valence-electron chi connectivity index (χ0n) is 14.0. The highest BCUT2D eigenvalue weighted by atomic mass is 16.3. The van der Waals surface area contributed by atoms with Crippen molar-refractivity contribution < 1.29 is 5.11 Å². The van der Waals surface area contributed by atoms with E-state index in [9.17, 15) is 9.90 Å². The highest BCUT2D eigenvalue weighted by Gasteiger charge is 2.14. The van der Waals surface area contributed by atoms with E-state index in [1.165, 1.54) is 10.7 Å². The molecule has 0 atom stereocenters. The maximum Gasteiger partial charge on any atom is 0.274 e. The Morgan fingerprint density at radius 2 is 1.62 bits per heavy atom. The molecule has 0 spiro atoms. The van der Waals surface area contributed by atoms with Gasteiger partial charge in [-0.15, -0.1) is 0 Å². The predicted molar refractivity (Wildman–Crippen MR) is 99.3 cm³/mol. The summed E-state index contributed by atoms with van der Waals surface area (Å²) in [6.45, 7) is 1.79. The van der Waals surface area contributed by atoms with Gasteiger partial charge in [-0.05, 0) is 25.1 Å². The van der Waals surface area contributed by atoms with Crippen molar-refractivity contribution in [2.45, 2.75) is 6.92 Å². The van der Waals surface area contributed by atoms with Gasteiger partial charge in [0.2, 0.25) is 0 Å². The second-order valence-corrected chi connectivity index (χ2v) is 5.93. The minimum atomic E-state index is -0.240. The number of aromatic hydroxyl groups is 1. The summed E-state index contributed by atoms with van der Waals surface area (Å²) < 4.78 is 1.30. The smallest absolute Gasteiger partial charge is 0.274 e. The number of aryl methyl sites for hydroxylation is 1. The number of hydrogen-bond donors (Lipinski definition) is 2. The number of phenols is 1. The summed E-state index contributed by atoms with van der Waals surface area (Å²) >= 11 is 0. The van der Waals surface area contributed by atoms with E-state index in [0.29, 0.717) is 22.6 Å². The molecule has 26 heavy (non-hydrogen) atoms. The minimum absolute atomic E-state index is 0.117. The van der Waals surface area contributed by atoms with Crippen LogP contribution in [0, 0.1) is 6.92 Å². The highest BCUT2D eigenvalue weighted by molar-refractivity contribution is 5.72. The Balaban J connectivity index is 1.98. The van der Waals surface area contributed by atoms with E-state index in [2.05, 4.69) is 15.1 Å². The fraction of sp³-hybridized carbons (Fsp3) is 0.0500. The van der Waals surface area contributed by atoms with Crippen molar-refractivity contribution in [1.82, 2.24) is 19.7 Å². The number of rotatable bonds is 3. The lowest BCUT2D eigenvalue weighted by Crippen LogP contribution is -2.17. The van der Waals surface area contributed by atoms with Gasteiger partial charge >= 0.3 is 0 Å². The second kappa shape index (κ2) is 6.33. The van der Waals surface area contributed by atoms with E-state index in [1.54, 1.807) is 31.2 Å². The molecule has 6 heteroatoms. The molecule has 0 saturated carbocycles. The molecule has 0 aliphatic rings. The van der Waals surface area contributed by atoms with Gasteiger partial charge < -0.3 is 5.11 Å². The average Bonchev–Trinajstić information content (AvgIpc) is 3.01. The van der Waals surface area contributed by atoms with E-state index in [4.69, 9.17) is 0 Å². The monoisotopic (exact) mass is 344 g/mol. The summed E-state index contributed by atoms with van der Waals surface area (Å²) in [7, 11) is 0. The molecule has 2 aromatic carbocycles. The summed E-state index contributed by atoms with van der Waals surface area (Å²) in [6, 6.07) is 19.9. The normalized spacial score (nSPS) is 10.8. The van der Waals surface area contributed by atoms with E-state index in [1.807, 2.05) is 36.4 Å². The van der Waals surface area contributed by atoms with Gasteiger partial charge in [-0.3, -0.25) is 9.89 Å². The average molecular weight is 344 g/mol. The van der Waals surface area contributed by atoms with E-state index < -0.39 is 0 Å². The van der Waals surface area contributed by atoms with Crippen molar-refractivity contribution in [3.05, 3.63) is 82.8 Å². The Morgan fingerprint density at radius 3 is 2.31 bits per heavy atom. The molecule has 2 heterocycles. The summed E-state index contributed by atoms with van der Waals surface area (Å²) in [5, 5.41) is 13.2. The Hall–Kier alpha value is -3.67. The van der Waals surface area contributed by atoms with Crippen LogP contribution in [0.2, 0.25) is 0 Å². The van der Waals surface area contributed by atoms with Gasteiger partial charge in [0.15, 0.2) is 0 Å². The quantitative estimate of drug-likeness (QED) is 0.597. The molecular weight excluding hydrogens is 328 g/mol. The fourth-order valence-corrected chi connectivity index (χ4v) is 2.78. The lowest BCUT2D eigenvalue weighted by Gasteiger charge is -2.10. The molecule has 128 valence electrons. The minimum Gasteiger partial charge on any atom is -0.507 e. The zero-order valence-corrected chi connectivity index (χ0v) is 14.0. The first-order valence-corrected chi connectivity index (χ1v) is 8.14. The summed E-state index contributed by atoms with van der Waals surface area (Å²) in [6.07, 6.45) is 0. The number of benzene rings is 2. The third-order valence-electron chi connectivity index (χ3n) is 4.01. The van der Waals surface area contributed by atoms with Crippen molar-refractivity contribution >= 4 is 0 Å². The number of H-pyrrole nitrogens is 1. The van der Waals surface area contributed by atoms with Crippen LogP contribution in [-0.2, 0) is 0 Å². The fourth-order valence-electron chi connectivity index (χ4n) is 2.78. The van der Waals surface area contributed by atoms with Gasteiger partial charge in [0.05, 0.1) is 11.4 Å². The maximum atomic E-state index is 12.2. The predicted octanol–water partition coefficient (Wildman–Crippen LogP) is 3.30. The Kier molecular flexibility index (Phi) is 3.85. The van der Waals surface area contributed by atoms with E-state index >= 15 is 0 Å². The first-order chi connectivity index (χ1) is 12.6.